The van der Waals surface area contributed by atoms with Gasteiger partial charge in [0.2, 0.25) is 5.91 Å². The molecule has 4 heteroatoms. The number of rotatable bonds is 8. The Morgan fingerprint density at radius 1 is 1.00 bits per heavy atom. The molecule has 1 aromatic heterocycles. The Hall–Kier alpha value is -2.59. The molecule has 0 atom stereocenters. The van der Waals surface area contributed by atoms with Gasteiger partial charge in [0.1, 0.15) is 6.54 Å². The molecule has 0 unspecified atom stereocenters. The van der Waals surface area contributed by atoms with E-state index in [0.29, 0.717) is 13.1 Å². The van der Waals surface area contributed by atoms with Crippen LogP contribution in [0.25, 0.3) is 10.9 Å². The summed E-state index contributed by atoms with van der Waals surface area (Å²) >= 11 is 0. The Balaban J connectivity index is 1.67. The normalized spacial score (nSPS) is 11.3. The second-order valence-corrected chi connectivity index (χ2v) is 6.94. The maximum absolute atomic E-state index is 12.6. The van der Waals surface area contributed by atoms with Crippen LogP contribution in [0.1, 0.15) is 30.7 Å². The molecule has 0 aliphatic rings. The van der Waals surface area contributed by atoms with Crippen LogP contribution >= 0.6 is 0 Å². The minimum atomic E-state index is 0.0390. The largest absolute Gasteiger partial charge is 0.350 e. The maximum atomic E-state index is 12.6. The predicted molar refractivity (Wildman–Crippen MR) is 112 cm³/mol. The fourth-order valence-electron chi connectivity index (χ4n) is 3.52. The van der Waals surface area contributed by atoms with E-state index in [1.807, 2.05) is 25.1 Å². The Morgan fingerprint density at radius 3 is 2.41 bits per heavy atom. The van der Waals surface area contributed by atoms with Gasteiger partial charge in [0.15, 0.2) is 0 Å². The van der Waals surface area contributed by atoms with Gasteiger partial charge in [-0.1, -0.05) is 56.3 Å². The average Bonchev–Trinajstić information content (AvgIpc) is 3.00. The van der Waals surface area contributed by atoms with E-state index >= 15 is 0 Å². The molecule has 0 saturated carbocycles. The highest BCUT2D eigenvalue weighted by molar-refractivity contribution is 5.84. The van der Waals surface area contributed by atoms with Gasteiger partial charge in [-0.25, -0.2) is 0 Å². The number of hydrogen-bond donors (Lipinski definition) is 1. The smallest absolute Gasteiger partial charge is 0.240 e. The third-order valence-electron chi connectivity index (χ3n) is 5.20. The minimum absolute atomic E-state index is 0.0390. The highest BCUT2D eigenvalue weighted by Crippen LogP contribution is 2.19. The number of amides is 1. The quantitative estimate of drug-likeness (QED) is 0.654. The number of carbonyl (C=O) groups is 1. The lowest BCUT2D eigenvalue weighted by atomic mass is 10.1. The van der Waals surface area contributed by atoms with Crippen LogP contribution in [0.2, 0.25) is 0 Å². The molecule has 1 N–H and O–H groups in total. The van der Waals surface area contributed by atoms with Crippen molar-refractivity contribution in [3.8, 4) is 0 Å². The molecule has 0 spiro atoms. The SMILES string of the molecule is CCN(CC)Cc1ccccc1CNC(=O)Cn1c(C)cc2ccccc21. The number of aromatic nitrogens is 1. The molecule has 0 aliphatic heterocycles. The summed E-state index contributed by atoms with van der Waals surface area (Å²) in [6.45, 7) is 10.3. The van der Waals surface area contributed by atoms with Crippen molar-refractivity contribution in [2.24, 2.45) is 0 Å². The maximum Gasteiger partial charge on any atom is 0.240 e. The van der Waals surface area contributed by atoms with Gasteiger partial charge in [-0.2, -0.15) is 0 Å². The van der Waals surface area contributed by atoms with Gasteiger partial charge in [0, 0.05) is 24.3 Å². The summed E-state index contributed by atoms with van der Waals surface area (Å²) in [5, 5.41) is 4.27. The number of aryl methyl sites for hydroxylation is 1. The van der Waals surface area contributed by atoms with Gasteiger partial charge in [-0.3, -0.25) is 9.69 Å². The summed E-state index contributed by atoms with van der Waals surface area (Å²) in [6.07, 6.45) is 0. The van der Waals surface area contributed by atoms with Crippen molar-refractivity contribution < 1.29 is 4.79 Å². The zero-order chi connectivity index (χ0) is 19.2. The van der Waals surface area contributed by atoms with Gasteiger partial charge in [0.05, 0.1) is 0 Å². The van der Waals surface area contributed by atoms with Crippen molar-refractivity contribution in [1.82, 2.24) is 14.8 Å². The Bertz CT molecular complexity index is 909. The molecular weight excluding hydrogens is 334 g/mol. The van der Waals surface area contributed by atoms with Crippen molar-refractivity contribution in [1.29, 1.82) is 0 Å². The molecule has 3 rings (SSSR count). The van der Waals surface area contributed by atoms with E-state index in [2.05, 4.69) is 65.0 Å². The molecule has 27 heavy (non-hydrogen) atoms. The Kier molecular flexibility index (Phi) is 6.30. The summed E-state index contributed by atoms with van der Waals surface area (Å²) in [7, 11) is 0. The van der Waals surface area contributed by atoms with E-state index in [-0.39, 0.29) is 5.91 Å². The van der Waals surface area contributed by atoms with Crippen LogP contribution in [0, 0.1) is 6.92 Å². The molecule has 0 radical (unpaired) electrons. The second kappa shape index (κ2) is 8.87. The molecule has 0 bridgehead atoms. The van der Waals surface area contributed by atoms with E-state index in [1.165, 1.54) is 16.5 Å². The van der Waals surface area contributed by atoms with E-state index < -0.39 is 0 Å². The molecule has 2 aromatic carbocycles. The molecule has 4 nitrogen and oxygen atoms in total. The van der Waals surface area contributed by atoms with Crippen LogP contribution in [0.3, 0.4) is 0 Å². The van der Waals surface area contributed by atoms with Crippen LogP contribution in [0.5, 0.6) is 0 Å². The first-order chi connectivity index (χ1) is 13.1. The van der Waals surface area contributed by atoms with Gasteiger partial charge in [-0.05, 0) is 48.7 Å². The zero-order valence-electron chi connectivity index (χ0n) is 16.5. The molecular formula is C23H29N3O. The molecule has 1 heterocycles. The first-order valence-corrected chi connectivity index (χ1v) is 9.73. The van der Waals surface area contributed by atoms with Crippen LogP contribution in [-0.2, 0) is 24.4 Å². The van der Waals surface area contributed by atoms with Crippen molar-refractivity contribution in [3.63, 3.8) is 0 Å². The molecule has 0 fully saturated rings. The summed E-state index contributed by atoms with van der Waals surface area (Å²) in [5.41, 5.74) is 4.68. The third kappa shape index (κ3) is 4.58. The van der Waals surface area contributed by atoms with Crippen molar-refractivity contribution >= 4 is 16.8 Å². The Morgan fingerprint density at radius 2 is 1.67 bits per heavy atom. The molecule has 142 valence electrons. The lowest BCUT2D eigenvalue weighted by Crippen LogP contribution is -2.28. The number of benzene rings is 2. The van der Waals surface area contributed by atoms with E-state index in [1.54, 1.807) is 0 Å². The van der Waals surface area contributed by atoms with Crippen LogP contribution in [0.15, 0.2) is 54.6 Å². The van der Waals surface area contributed by atoms with Crippen LogP contribution in [-0.4, -0.2) is 28.5 Å². The van der Waals surface area contributed by atoms with Crippen molar-refractivity contribution in [2.45, 2.75) is 40.4 Å². The summed E-state index contributed by atoms with van der Waals surface area (Å²) < 4.78 is 2.08. The fourth-order valence-corrected chi connectivity index (χ4v) is 3.52. The van der Waals surface area contributed by atoms with E-state index in [0.717, 1.165) is 30.8 Å². The van der Waals surface area contributed by atoms with Crippen molar-refractivity contribution in [3.05, 3.63) is 71.4 Å². The Labute approximate surface area is 161 Å². The molecule has 1 amide bonds. The zero-order valence-corrected chi connectivity index (χ0v) is 16.5. The first-order valence-electron chi connectivity index (χ1n) is 9.73. The van der Waals surface area contributed by atoms with Crippen molar-refractivity contribution in [2.75, 3.05) is 13.1 Å². The lowest BCUT2D eigenvalue weighted by Gasteiger charge is -2.20. The number of fused-ring (bicyclic) bond motifs is 1. The first kappa shape index (κ1) is 19.2. The predicted octanol–water partition coefficient (Wildman–Crippen LogP) is 4.11. The lowest BCUT2D eigenvalue weighted by molar-refractivity contribution is -0.121. The molecule has 0 saturated heterocycles. The highest BCUT2D eigenvalue weighted by Gasteiger charge is 2.11. The molecule has 0 aliphatic carbocycles. The number of hydrogen-bond acceptors (Lipinski definition) is 2. The van der Waals surface area contributed by atoms with Gasteiger partial charge >= 0.3 is 0 Å². The standard InChI is InChI=1S/C23H29N3O/c1-4-25(5-2)16-21-12-7-6-11-20(21)15-24-23(27)17-26-18(3)14-19-10-8-9-13-22(19)26/h6-14H,4-5,15-17H2,1-3H3,(H,24,27). The van der Waals surface area contributed by atoms with Gasteiger partial charge in [0.25, 0.3) is 0 Å². The van der Waals surface area contributed by atoms with Crippen LogP contribution in [0.4, 0.5) is 0 Å². The highest BCUT2D eigenvalue weighted by atomic mass is 16.1. The summed E-state index contributed by atoms with van der Waals surface area (Å²) in [5.74, 6) is 0.0390. The van der Waals surface area contributed by atoms with Gasteiger partial charge < -0.3 is 9.88 Å². The van der Waals surface area contributed by atoms with E-state index in [4.69, 9.17) is 0 Å². The topological polar surface area (TPSA) is 37.3 Å². The fraction of sp³-hybridized carbons (Fsp3) is 0.348. The summed E-state index contributed by atoms with van der Waals surface area (Å²) in [6, 6.07) is 18.7. The third-order valence-corrected chi connectivity index (χ3v) is 5.20. The van der Waals surface area contributed by atoms with E-state index in [9.17, 15) is 4.79 Å². The summed E-state index contributed by atoms with van der Waals surface area (Å²) in [4.78, 5) is 15.0. The monoisotopic (exact) mass is 363 g/mol. The van der Waals surface area contributed by atoms with Crippen LogP contribution < -0.4 is 5.32 Å². The van der Waals surface area contributed by atoms with Gasteiger partial charge in [-0.15, -0.1) is 0 Å². The molecule has 3 aromatic rings. The minimum Gasteiger partial charge on any atom is -0.350 e. The number of nitrogens with zero attached hydrogens (tertiary/aromatic N) is 2. The number of para-hydroxylation sites is 1. The number of carbonyl (C=O) groups excluding carboxylic acids is 1. The number of nitrogens with one attached hydrogen (secondary N) is 1. The second-order valence-electron chi connectivity index (χ2n) is 6.94. The average molecular weight is 364 g/mol.